The summed E-state index contributed by atoms with van der Waals surface area (Å²) in [5.74, 6) is 0.00599. The maximum Gasteiger partial charge on any atom is 0.251 e. The number of benzene rings is 1. The second-order valence-corrected chi connectivity index (χ2v) is 7.43. The topological polar surface area (TPSA) is 53.6 Å². The fourth-order valence-corrected chi connectivity index (χ4v) is 3.69. The number of nitrogens with one attached hydrogen (secondary N) is 2. The van der Waals surface area contributed by atoms with E-state index in [0.717, 1.165) is 57.5 Å². The Hall–Kier alpha value is -0.850. The van der Waals surface area contributed by atoms with Gasteiger partial charge in [0.2, 0.25) is 0 Å². The molecule has 1 fully saturated rings. The van der Waals surface area contributed by atoms with Crippen LogP contribution in [0.1, 0.15) is 49.0 Å². The van der Waals surface area contributed by atoms with Gasteiger partial charge in [0, 0.05) is 31.2 Å². The van der Waals surface area contributed by atoms with Crippen LogP contribution < -0.4 is 10.6 Å². The van der Waals surface area contributed by atoms with Gasteiger partial charge in [-0.05, 0) is 63.1 Å². The van der Waals surface area contributed by atoms with Crippen molar-refractivity contribution in [1.82, 2.24) is 15.5 Å². The van der Waals surface area contributed by atoms with Gasteiger partial charge in [-0.1, -0.05) is 26.0 Å². The Bertz CT molecular complexity index is 544. The maximum absolute atomic E-state index is 12.5. The van der Waals surface area contributed by atoms with Gasteiger partial charge < -0.3 is 15.4 Å². The molecule has 1 saturated heterocycles. The largest absolute Gasteiger partial charge is 0.384 e. The van der Waals surface area contributed by atoms with E-state index >= 15 is 0 Å². The molecule has 0 aliphatic carbocycles. The molecule has 7 heteroatoms. The van der Waals surface area contributed by atoms with E-state index in [9.17, 15) is 4.79 Å². The first-order valence-corrected chi connectivity index (χ1v) is 9.91. The van der Waals surface area contributed by atoms with Gasteiger partial charge in [-0.25, -0.2) is 0 Å². The fraction of sp³-hybridized carbons (Fsp3) is 0.667. The highest BCUT2D eigenvalue weighted by atomic mass is 35.5. The highest BCUT2D eigenvalue weighted by molar-refractivity contribution is 5.94. The number of hydrogen-bond acceptors (Lipinski definition) is 4. The Morgan fingerprint density at radius 3 is 2.36 bits per heavy atom. The molecule has 0 unspecified atom stereocenters. The number of halogens is 2. The van der Waals surface area contributed by atoms with Gasteiger partial charge in [0.1, 0.15) is 0 Å². The predicted octanol–water partition coefficient (Wildman–Crippen LogP) is 3.51. The molecule has 0 spiro atoms. The minimum Gasteiger partial charge on any atom is -0.384 e. The van der Waals surface area contributed by atoms with E-state index in [0.29, 0.717) is 13.2 Å². The first-order chi connectivity index (χ1) is 12.6. The number of piperidine rings is 1. The summed E-state index contributed by atoms with van der Waals surface area (Å²) < 4.78 is 5.42. The summed E-state index contributed by atoms with van der Waals surface area (Å²) in [7, 11) is 1.74. The van der Waals surface area contributed by atoms with Gasteiger partial charge in [-0.3, -0.25) is 9.69 Å². The molecule has 28 heavy (non-hydrogen) atoms. The van der Waals surface area contributed by atoms with Crippen molar-refractivity contribution < 1.29 is 9.53 Å². The van der Waals surface area contributed by atoms with Crippen molar-refractivity contribution in [2.45, 2.75) is 39.7 Å². The maximum atomic E-state index is 12.5. The van der Waals surface area contributed by atoms with E-state index in [-0.39, 0.29) is 36.1 Å². The van der Waals surface area contributed by atoms with Crippen molar-refractivity contribution in [2.24, 2.45) is 5.41 Å². The highest BCUT2D eigenvalue weighted by Crippen LogP contribution is 2.28. The molecule has 0 saturated carbocycles. The average molecular weight is 434 g/mol. The number of nitrogens with zero attached hydrogens (tertiary/aromatic N) is 1. The predicted molar refractivity (Wildman–Crippen MR) is 121 cm³/mol. The molecule has 1 amide bonds. The van der Waals surface area contributed by atoms with Crippen LogP contribution in [0.2, 0.25) is 0 Å². The van der Waals surface area contributed by atoms with Gasteiger partial charge in [-0.2, -0.15) is 0 Å². The van der Waals surface area contributed by atoms with Crippen molar-refractivity contribution in [3.63, 3.8) is 0 Å². The molecule has 5 nitrogen and oxygen atoms in total. The Kier molecular flexibility index (Phi) is 13.8. The Balaban J connectivity index is 0.00000364. The number of hydrogen-bond donors (Lipinski definition) is 2. The Morgan fingerprint density at radius 1 is 1.18 bits per heavy atom. The lowest BCUT2D eigenvalue weighted by Crippen LogP contribution is -2.47. The SMILES string of the molecule is CCCN(CC)Cc1ccc(C(=O)NCC2(COC)CCNCC2)cc1.Cl.Cl. The second kappa shape index (κ2) is 14.2. The number of methoxy groups -OCH3 is 1. The van der Waals surface area contributed by atoms with Crippen LogP contribution in [0.25, 0.3) is 0 Å². The van der Waals surface area contributed by atoms with Crippen molar-refractivity contribution in [3.05, 3.63) is 35.4 Å². The first kappa shape index (κ1) is 27.1. The van der Waals surface area contributed by atoms with E-state index < -0.39 is 0 Å². The minimum atomic E-state index is 0. The van der Waals surface area contributed by atoms with E-state index in [1.807, 2.05) is 12.1 Å². The second-order valence-electron chi connectivity index (χ2n) is 7.43. The zero-order valence-corrected chi connectivity index (χ0v) is 19.1. The first-order valence-electron chi connectivity index (χ1n) is 9.91. The number of rotatable bonds is 10. The van der Waals surface area contributed by atoms with Crippen LogP contribution >= 0.6 is 24.8 Å². The summed E-state index contributed by atoms with van der Waals surface area (Å²) in [6.07, 6.45) is 3.22. The molecule has 0 aromatic heterocycles. The smallest absolute Gasteiger partial charge is 0.251 e. The standard InChI is InChI=1S/C21H35N3O2.2ClH/c1-4-14-24(5-2)15-18-6-8-19(9-7-18)20(25)23-16-21(17-26-3)10-12-22-13-11-21;;/h6-9,22H,4-5,10-17H2,1-3H3,(H,23,25);2*1H. The summed E-state index contributed by atoms with van der Waals surface area (Å²) in [5, 5.41) is 6.51. The third-order valence-electron chi connectivity index (χ3n) is 5.35. The summed E-state index contributed by atoms with van der Waals surface area (Å²) in [6, 6.07) is 8.02. The number of ether oxygens (including phenoxy) is 1. The minimum absolute atomic E-state index is 0. The average Bonchev–Trinajstić information content (AvgIpc) is 2.67. The van der Waals surface area contributed by atoms with Crippen LogP contribution in [0.5, 0.6) is 0 Å². The van der Waals surface area contributed by atoms with Crippen LogP contribution in [0.15, 0.2) is 24.3 Å². The van der Waals surface area contributed by atoms with E-state index in [1.54, 1.807) is 7.11 Å². The molecule has 1 heterocycles. The molecular weight excluding hydrogens is 397 g/mol. The lowest BCUT2D eigenvalue weighted by Gasteiger charge is -2.37. The van der Waals surface area contributed by atoms with Crippen LogP contribution in [-0.4, -0.2) is 57.2 Å². The third kappa shape index (κ3) is 8.26. The van der Waals surface area contributed by atoms with Gasteiger partial charge in [0.25, 0.3) is 5.91 Å². The molecule has 1 aromatic rings. The van der Waals surface area contributed by atoms with Crippen LogP contribution in [0.3, 0.4) is 0 Å². The Morgan fingerprint density at radius 2 is 1.82 bits per heavy atom. The molecule has 1 aromatic carbocycles. The number of carbonyl (C=O) groups is 1. The summed E-state index contributed by atoms with van der Waals surface area (Å²) in [6.45, 7) is 10.8. The van der Waals surface area contributed by atoms with Crippen LogP contribution in [0, 0.1) is 5.41 Å². The lowest BCUT2D eigenvalue weighted by atomic mass is 9.79. The Labute approximate surface area is 182 Å². The van der Waals surface area contributed by atoms with Gasteiger partial charge in [0.15, 0.2) is 0 Å². The quantitative estimate of drug-likeness (QED) is 0.592. The van der Waals surface area contributed by atoms with Crippen LogP contribution in [-0.2, 0) is 11.3 Å². The number of amides is 1. The lowest BCUT2D eigenvalue weighted by molar-refractivity contribution is 0.0512. The highest BCUT2D eigenvalue weighted by Gasteiger charge is 2.32. The zero-order valence-electron chi connectivity index (χ0n) is 17.5. The van der Waals surface area contributed by atoms with Gasteiger partial charge >= 0.3 is 0 Å². The van der Waals surface area contributed by atoms with Gasteiger partial charge in [-0.15, -0.1) is 24.8 Å². The van der Waals surface area contributed by atoms with Crippen LogP contribution in [0.4, 0.5) is 0 Å². The molecule has 2 N–H and O–H groups in total. The van der Waals surface area contributed by atoms with Crippen molar-refractivity contribution in [3.8, 4) is 0 Å². The molecule has 0 radical (unpaired) electrons. The summed E-state index contributed by atoms with van der Waals surface area (Å²) in [5.41, 5.74) is 2.04. The third-order valence-corrected chi connectivity index (χ3v) is 5.35. The fourth-order valence-electron chi connectivity index (χ4n) is 3.69. The summed E-state index contributed by atoms with van der Waals surface area (Å²) in [4.78, 5) is 15.0. The van der Waals surface area contributed by atoms with E-state index in [1.165, 1.54) is 5.56 Å². The molecule has 1 aliphatic heterocycles. The normalized spacial score (nSPS) is 15.4. The van der Waals surface area contributed by atoms with Crippen molar-refractivity contribution in [1.29, 1.82) is 0 Å². The zero-order chi connectivity index (χ0) is 18.8. The monoisotopic (exact) mass is 433 g/mol. The van der Waals surface area contributed by atoms with Gasteiger partial charge in [0.05, 0.1) is 6.61 Å². The van der Waals surface area contributed by atoms with Crippen molar-refractivity contribution in [2.75, 3.05) is 46.4 Å². The van der Waals surface area contributed by atoms with E-state index in [4.69, 9.17) is 4.74 Å². The molecular formula is C21H37Cl2N3O2. The molecule has 162 valence electrons. The number of carbonyl (C=O) groups excluding carboxylic acids is 1. The van der Waals surface area contributed by atoms with Crippen molar-refractivity contribution >= 4 is 30.7 Å². The molecule has 2 rings (SSSR count). The van der Waals surface area contributed by atoms with E-state index in [2.05, 4.69) is 41.5 Å². The summed E-state index contributed by atoms with van der Waals surface area (Å²) >= 11 is 0. The molecule has 0 atom stereocenters. The molecule has 0 bridgehead atoms. The molecule has 1 aliphatic rings.